The van der Waals surface area contributed by atoms with E-state index in [1.807, 2.05) is 0 Å². The van der Waals surface area contributed by atoms with E-state index >= 15 is 0 Å². The predicted octanol–water partition coefficient (Wildman–Crippen LogP) is 1.69. The van der Waals surface area contributed by atoms with Crippen molar-refractivity contribution in [1.82, 2.24) is 4.31 Å². The van der Waals surface area contributed by atoms with E-state index in [-0.39, 0.29) is 47.2 Å². The molecule has 1 atom stereocenters. The summed E-state index contributed by atoms with van der Waals surface area (Å²) in [5, 5.41) is 9.05. The number of rotatable bonds is 7. The lowest BCUT2D eigenvalue weighted by Crippen LogP contribution is -2.42. The number of halogens is 1. The number of aryl methyl sites for hydroxylation is 1. The molecule has 0 amide bonds. The Kier molecular flexibility index (Phi) is 6.13. The van der Waals surface area contributed by atoms with Crippen LogP contribution in [0.3, 0.4) is 0 Å². The molecule has 0 spiro atoms. The standard InChI is InChI=1S/C15H20ClNO6S2/c1-11-4-5-12(16)9-14(11)25(22,23)17(7-2-3-15(18)19)13-6-8-24(20,21)10-13/h4-5,9,13H,2-3,6-8,10H2,1H3,(H,18,19)/t13-/m1/s1. The number of sulfone groups is 1. The van der Waals surface area contributed by atoms with Crippen molar-refractivity contribution in [3.8, 4) is 0 Å². The third-order valence-corrected chi connectivity index (χ3v) is 8.20. The van der Waals surface area contributed by atoms with E-state index in [1.165, 1.54) is 6.07 Å². The van der Waals surface area contributed by atoms with Crippen LogP contribution in [0.1, 0.15) is 24.8 Å². The van der Waals surface area contributed by atoms with Crippen LogP contribution in [0, 0.1) is 6.92 Å². The molecule has 10 heteroatoms. The summed E-state index contributed by atoms with van der Waals surface area (Å²) in [5.41, 5.74) is 0.494. The second-order valence-electron chi connectivity index (χ2n) is 6.08. The van der Waals surface area contributed by atoms with Crippen molar-refractivity contribution in [2.45, 2.75) is 37.1 Å². The molecule has 0 radical (unpaired) electrons. The van der Waals surface area contributed by atoms with Crippen LogP contribution in [-0.4, -0.2) is 56.3 Å². The fourth-order valence-electron chi connectivity index (χ4n) is 2.87. The van der Waals surface area contributed by atoms with Gasteiger partial charge >= 0.3 is 5.97 Å². The Balaban J connectivity index is 2.39. The zero-order valence-corrected chi connectivity index (χ0v) is 16.1. The third kappa shape index (κ3) is 4.93. The molecule has 1 N–H and O–H groups in total. The Morgan fingerprint density at radius 3 is 2.64 bits per heavy atom. The summed E-state index contributed by atoms with van der Waals surface area (Å²) in [5.74, 6) is -1.36. The van der Waals surface area contributed by atoms with Gasteiger partial charge in [-0.3, -0.25) is 4.79 Å². The highest BCUT2D eigenvalue weighted by atomic mass is 35.5. The Morgan fingerprint density at radius 2 is 2.08 bits per heavy atom. The van der Waals surface area contributed by atoms with Gasteiger partial charge in [-0.1, -0.05) is 17.7 Å². The number of carboxylic acid groups (broad SMARTS) is 1. The van der Waals surface area contributed by atoms with Crippen molar-refractivity contribution in [1.29, 1.82) is 0 Å². The van der Waals surface area contributed by atoms with E-state index in [1.54, 1.807) is 19.1 Å². The van der Waals surface area contributed by atoms with Crippen molar-refractivity contribution >= 4 is 37.4 Å². The summed E-state index contributed by atoms with van der Waals surface area (Å²) in [4.78, 5) is 10.8. The maximum Gasteiger partial charge on any atom is 0.303 e. The average molecular weight is 410 g/mol. The van der Waals surface area contributed by atoms with Crippen molar-refractivity contribution in [2.24, 2.45) is 0 Å². The van der Waals surface area contributed by atoms with Crippen LogP contribution in [0.5, 0.6) is 0 Å². The van der Waals surface area contributed by atoms with Crippen LogP contribution < -0.4 is 0 Å². The molecule has 1 fully saturated rings. The minimum absolute atomic E-state index is 0.0135. The van der Waals surface area contributed by atoms with E-state index in [4.69, 9.17) is 16.7 Å². The Bertz CT molecular complexity index is 866. The first kappa shape index (κ1) is 20.2. The summed E-state index contributed by atoms with van der Waals surface area (Å²) in [6.45, 7) is 1.57. The highest BCUT2D eigenvalue weighted by Gasteiger charge is 2.39. The third-order valence-electron chi connectivity index (χ3n) is 4.12. The number of benzene rings is 1. The maximum atomic E-state index is 13.1. The molecular formula is C15H20ClNO6S2. The first-order valence-electron chi connectivity index (χ1n) is 7.73. The lowest BCUT2D eigenvalue weighted by Gasteiger charge is -2.28. The van der Waals surface area contributed by atoms with E-state index in [9.17, 15) is 21.6 Å². The Morgan fingerprint density at radius 1 is 1.40 bits per heavy atom. The van der Waals surface area contributed by atoms with Gasteiger partial charge in [-0.05, 0) is 37.5 Å². The van der Waals surface area contributed by atoms with E-state index < -0.39 is 31.9 Å². The van der Waals surface area contributed by atoms with Crippen LogP contribution in [0.25, 0.3) is 0 Å². The summed E-state index contributed by atoms with van der Waals surface area (Å²) >= 11 is 5.92. The number of carboxylic acids is 1. The lowest BCUT2D eigenvalue weighted by atomic mass is 10.2. The Labute approximate surface area is 152 Å². The topological polar surface area (TPSA) is 109 Å². The van der Waals surface area contributed by atoms with Gasteiger partial charge in [0.15, 0.2) is 9.84 Å². The van der Waals surface area contributed by atoms with Crippen molar-refractivity contribution < 1.29 is 26.7 Å². The molecule has 0 saturated carbocycles. The molecule has 2 rings (SSSR count). The molecule has 1 aromatic rings. The molecule has 1 aliphatic rings. The summed E-state index contributed by atoms with van der Waals surface area (Å²) in [6.07, 6.45) is 0.110. The van der Waals surface area contributed by atoms with Crippen molar-refractivity contribution in [3.63, 3.8) is 0 Å². The molecule has 140 valence electrons. The van der Waals surface area contributed by atoms with Gasteiger partial charge in [-0.15, -0.1) is 0 Å². The van der Waals surface area contributed by atoms with E-state index in [0.29, 0.717) is 5.56 Å². The smallest absolute Gasteiger partial charge is 0.303 e. The molecule has 1 saturated heterocycles. The monoisotopic (exact) mass is 409 g/mol. The number of sulfonamides is 1. The number of hydrogen-bond donors (Lipinski definition) is 1. The SMILES string of the molecule is Cc1ccc(Cl)cc1S(=O)(=O)N(CCCC(=O)O)[C@@H]1CCS(=O)(=O)C1. The van der Waals surface area contributed by atoms with E-state index in [0.717, 1.165) is 4.31 Å². The van der Waals surface area contributed by atoms with Crippen LogP contribution in [0.2, 0.25) is 5.02 Å². The summed E-state index contributed by atoms with van der Waals surface area (Å²) in [6, 6.07) is 3.79. The van der Waals surface area contributed by atoms with Crippen LogP contribution in [0.15, 0.2) is 23.1 Å². The van der Waals surface area contributed by atoms with Gasteiger partial charge in [0.2, 0.25) is 10.0 Å². The molecule has 0 unspecified atom stereocenters. The second kappa shape index (κ2) is 7.61. The number of hydrogen-bond acceptors (Lipinski definition) is 5. The second-order valence-corrected chi connectivity index (χ2v) is 10.6. The molecule has 0 bridgehead atoms. The van der Waals surface area contributed by atoms with Gasteiger partial charge in [0.25, 0.3) is 0 Å². The molecule has 25 heavy (non-hydrogen) atoms. The minimum atomic E-state index is -3.99. The first-order chi connectivity index (χ1) is 11.5. The maximum absolute atomic E-state index is 13.1. The van der Waals surface area contributed by atoms with Crippen LogP contribution >= 0.6 is 11.6 Å². The average Bonchev–Trinajstić information content (AvgIpc) is 2.85. The molecule has 0 aliphatic carbocycles. The molecular weight excluding hydrogens is 390 g/mol. The largest absolute Gasteiger partial charge is 0.481 e. The molecule has 0 aromatic heterocycles. The highest BCUT2D eigenvalue weighted by Crippen LogP contribution is 2.28. The molecule has 1 aliphatic heterocycles. The predicted molar refractivity (Wildman–Crippen MR) is 94.0 cm³/mol. The number of carbonyl (C=O) groups is 1. The molecule has 1 aromatic carbocycles. The van der Waals surface area contributed by atoms with Gasteiger partial charge in [0.1, 0.15) is 0 Å². The number of aliphatic carboxylic acids is 1. The fourth-order valence-corrected chi connectivity index (χ4v) is 6.87. The van der Waals surface area contributed by atoms with Gasteiger partial charge < -0.3 is 5.11 Å². The van der Waals surface area contributed by atoms with Gasteiger partial charge in [-0.25, -0.2) is 16.8 Å². The minimum Gasteiger partial charge on any atom is -0.481 e. The van der Waals surface area contributed by atoms with E-state index in [2.05, 4.69) is 0 Å². The highest BCUT2D eigenvalue weighted by molar-refractivity contribution is 7.92. The molecule has 7 nitrogen and oxygen atoms in total. The quantitative estimate of drug-likeness (QED) is 0.733. The first-order valence-corrected chi connectivity index (χ1v) is 11.4. The molecule has 1 heterocycles. The van der Waals surface area contributed by atoms with Crippen molar-refractivity contribution in [3.05, 3.63) is 28.8 Å². The summed E-state index contributed by atoms with van der Waals surface area (Å²) < 4.78 is 50.9. The zero-order chi connectivity index (χ0) is 18.8. The van der Waals surface area contributed by atoms with Gasteiger partial charge in [-0.2, -0.15) is 4.31 Å². The zero-order valence-electron chi connectivity index (χ0n) is 13.7. The van der Waals surface area contributed by atoms with Crippen molar-refractivity contribution in [2.75, 3.05) is 18.1 Å². The van der Waals surface area contributed by atoms with Crippen LogP contribution in [-0.2, 0) is 24.7 Å². The van der Waals surface area contributed by atoms with Gasteiger partial charge in [0, 0.05) is 24.0 Å². The lowest BCUT2D eigenvalue weighted by molar-refractivity contribution is -0.137. The normalized spacial score (nSPS) is 20.0. The Hall–Kier alpha value is -1.16. The van der Waals surface area contributed by atoms with Gasteiger partial charge in [0.05, 0.1) is 16.4 Å². The number of nitrogens with zero attached hydrogens (tertiary/aromatic N) is 1. The van der Waals surface area contributed by atoms with Crippen LogP contribution in [0.4, 0.5) is 0 Å². The fraction of sp³-hybridized carbons (Fsp3) is 0.533. The summed E-state index contributed by atoms with van der Waals surface area (Å²) in [7, 11) is -7.29.